The van der Waals surface area contributed by atoms with E-state index in [1.54, 1.807) is 0 Å². The van der Waals surface area contributed by atoms with E-state index in [2.05, 4.69) is 15.9 Å². The summed E-state index contributed by atoms with van der Waals surface area (Å²) in [6.07, 6.45) is -0.914. The van der Waals surface area contributed by atoms with Crippen molar-refractivity contribution in [1.82, 2.24) is 0 Å². The maximum Gasteiger partial charge on any atom is 0.333 e. The molecule has 15 heavy (non-hydrogen) atoms. The van der Waals surface area contributed by atoms with Crippen LogP contribution in [0, 0.1) is 5.82 Å². The van der Waals surface area contributed by atoms with Crippen LogP contribution in [0.3, 0.4) is 0 Å². The van der Waals surface area contributed by atoms with Gasteiger partial charge in [0, 0.05) is 10.0 Å². The van der Waals surface area contributed by atoms with Crippen LogP contribution < -0.4 is 0 Å². The van der Waals surface area contributed by atoms with Crippen molar-refractivity contribution in [1.29, 1.82) is 0 Å². The van der Waals surface area contributed by atoms with Gasteiger partial charge in [0.05, 0.1) is 0 Å². The fourth-order valence-corrected chi connectivity index (χ4v) is 2.02. The zero-order chi connectivity index (χ0) is 11.6. The summed E-state index contributed by atoms with van der Waals surface area (Å²) in [6, 6.07) is 3.39. The van der Waals surface area contributed by atoms with Crippen molar-refractivity contribution >= 4 is 29.3 Å². The summed E-state index contributed by atoms with van der Waals surface area (Å²) >= 11 is 2.97. The highest BCUT2D eigenvalue weighted by molar-refractivity contribution is 9.10. The van der Waals surface area contributed by atoms with Crippen LogP contribution in [-0.4, -0.2) is 21.7 Å². The first-order valence-corrected chi connectivity index (χ1v) is 6.41. The molecule has 1 rings (SSSR count). The van der Waals surface area contributed by atoms with E-state index in [9.17, 15) is 13.8 Å². The molecule has 82 valence electrons. The monoisotopic (exact) mass is 296 g/mol. The Kier molecular flexibility index (Phi) is 3.78. The van der Waals surface area contributed by atoms with Gasteiger partial charge in [-0.2, -0.15) is 0 Å². The number of hydrogen-bond acceptors (Lipinski definition) is 2. The molecule has 2 N–H and O–H groups in total. The number of halogens is 2. The smallest absolute Gasteiger partial charge is 0.324 e. The molecule has 4 nitrogen and oxygen atoms in total. The molecule has 0 aliphatic rings. The predicted molar refractivity (Wildman–Crippen MR) is 55.3 cm³/mol. The first-order chi connectivity index (χ1) is 6.78. The van der Waals surface area contributed by atoms with Crippen LogP contribution in [0.2, 0.25) is 0 Å². The molecule has 7 heteroatoms. The van der Waals surface area contributed by atoms with E-state index in [0.717, 1.165) is 12.1 Å². The normalized spacial score (nSPS) is 11.5. The van der Waals surface area contributed by atoms with E-state index < -0.39 is 25.4 Å². The van der Waals surface area contributed by atoms with Gasteiger partial charge in [0.2, 0.25) is 0 Å². The summed E-state index contributed by atoms with van der Waals surface area (Å²) in [5.41, 5.74) is -0.0646. The van der Waals surface area contributed by atoms with Gasteiger partial charge in [-0.25, -0.2) is 4.39 Å². The Balaban J connectivity index is 2.97. The lowest BCUT2D eigenvalue weighted by molar-refractivity contribution is 0.101. The molecule has 0 saturated carbocycles. The van der Waals surface area contributed by atoms with Crippen LogP contribution in [0.1, 0.15) is 10.4 Å². The molecular weight excluding hydrogens is 290 g/mol. The van der Waals surface area contributed by atoms with Crippen molar-refractivity contribution in [2.75, 3.05) is 6.16 Å². The van der Waals surface area contributed by atoms with Crippen molar-refractivity contribution in [3.8, 4) is 0 Å². The summed E-state index contributed by atoms with van der Waals surface area (Å²) in [6.45, 7) is 0. The second kappa shape index (κ2) is 4.53. The van der Waals surface area contributed by atoms with Crippen molar-refractivity contribution in [2.45, 2.75) is 0 Å². The van der Waals surface area contributed by atoms with E-state index >= 15 is 0 Å². The molecule has 0 saturated heterocycles. The molecule has 0 atom stereocenters. The highest BCUT2D eigenvalue weighted by atomic mass is 79.9. The lowest BCUT2D eigenvalue weighted by Gasteiger charge is -2.03. The van der Waals surface area contributed by atoms with E-state index in [1.165, 1.54) is 6.07 Å². The molecular formula is C8H7BrFO4P. The first kappa shape index (κ1) is 12.5. The maximum absolute atomic E-state index is 12.8. The lowest BCUT2D eigenvalue weighted by atomic mass is 10.1. The Bertz CT molecular complexity index is 422. The maximum atomic E-state index is 12.8. The van der Waals surface area contributed by atoms with Gasteiger partial charge in [-0.05, 0) is 18.2 Å². The fourth-order valence-electron chi connectivity index (χ4n) is 0.993. The predicted octanol–water partition coefficient (Wildman–Crippen LogP) is 1.95. The second-order valence-corrected chi connectivity index (χ2v) is 5.47. The molecule has 0 aliphatic heterocycles. The molecule has 0 aliphatic carbocycles. The van der Waals surface area contributed by atoms with Gasteiger partial charge >= 0.3 is 7.60 Å². The summed E-state index contributed by atoms with van der Waals surface area (Å²) in [5, 5.41) is 0. The van der Waals surface area contributed by atoms with Gasteiger partial charge in [-0.3, -0.25) is 9.36 Å². The Labute approximate surface area is 93.4 Å². The van der Waals surface area contributed by atoms with Gasteiger partial charge in [-0.15, -0.1) is 0 Å². The molecule has 0 amide bonds. The third kappa shape index (κ3) is 4.22. The van der Waals surface area contributed by atoms with Gasteiger partial charge in [-0.1, -0.05) is 15.9 Å². The van der Waals surface area contributed by atoms with E-state index in [4.69, 9.17) is 9.79 Å². The number of carbonyl (C=O) groups is 1. The molecule has 0 aromatic heterocycles. The van der Waals surface area contributed by atoms with Crippen LogP contribution in [0.5, 0.6) is 0 Å². The zero-order valence-electron chi connectivity index (χ0n) is 7.35. The molecule has 0 unspecified atom stereocenters. The van der Waals surface area contributed by atoms with Crippen molar-refractivity contribution in [2.24, 2.45) is 0 Å². The van der Waals surface area contributed by atoms with Gasteiger partial charge in [0.25, 0.3) is 0 Å². The van der Waals surface area contributed by atoms with Crippen molar-refractivity contribution in [3.05, 3.63) is 34.1 Å². The number of rotatable bonds is 3. The molecule has 1 aromatic carbocycles. The average Bonchev–Trinajstić information content (AvgIpc) is 1.98. The Morgan fingerprint density at radius 3 is 2.47 bits per heavy atom. The lowest BCUT2D eigenvalue weighted by Crippen LogP contribution is -2.06. The van der Waals surface area contributed by atoms with Crippen LogP contribution in [0.25, 0.3) is 0 Å². The Hall–Kier alpha value is -0.550. The quantitative estimate of drug-likeness (QED) is 0.660. The fraction of sp³-hybridized carbons (Fsp3) is 0.125. The van der Waals surface area contributed by atoms with E-state index in [1.807, 2.05) is 0 Å². The minimum Gasteiger partial charge on any atom is -0.324 e. The Morgan fingerprint density at radius 2 is 2.00 bits per heavy atom. The number of carbonyl (C=O) groups excluding carboxylic acids is 1. The summed E-state index contributed by atoms with van der Waals surface area (Å²) < 4.78 is 23.7. The number of ketones is 1. The van der Waals surface area contributed by atoms with Gasteiger partial charge in [0.1, 0.15) is 12.0 Å². The summed E-state index contributed by atoms with van der Waals surface area (Å²) in [5.74, 6) is -1.43. The van der Waals surface area contributed by atoms with E-state index in [-0.39, 0.29) is 5.56 Å². The Morgan fingerprint density at radius 1 is 1.40 bits per heavy atom. The van der Waals surface area contributed by atoms with Crippen LogP contribution in [0.4, 0.5) is 4.39 Å². The number of Topliss-reactive ketones (excluding diaryl/α,β-unsaturated/α-hetero) is 1. The minimum atomic E-state index is -4.40. The van der Waals surface area contributed by atoms with Gasteiger partial charge in [0.15, 0.2) is 5.78 Å². The molecule has 1 aromatic rings. The SMILES string of the molecule is O=C(CP(=O)(O)O)c1cc(F)cc(Br)c1. The number of hydrogen-bond donors (Lipinski definition) is 2. The number of benzene rings is 1. The second-order valence-electron chi connectivity index (χ2n) is 2.90. The van der Waals surface area contributed by atoms with Gasteiger partial charge < -0.3 is 9.79 Å². The largest absolute Gasteiger partial charge is 0.333 e. The third-order valence-electron chi connectivity index (χ3n) is 1.53. The zero-order valence-corrected chi connectivity index (χ0v) is 9.83. The summed E-state index contributed by atoms with van der Waals surface area (Å²) in [7, 11) is -4.40. The topological polar surface area (TPSA) is 74.6 Å². The van der Waals surface area contributed by atoms with Crippen LogP contribution in [0.15, 0.2) is 22.7 Å². The average molecular weight is 297 g/mol. The molecule has 0 radical (unpaired) electrons. The molecule has 0 bridgehead atoms. The third-order valence-corrected chi connectivity index (χ3v) is 2.69. The minimum absolute atomic E-state index is 0.0646. The van der Waals surface area contributed by atoms with E-state index in [0.29, 0.717) is 4.47 Å². The van der Waals surface area contributed by atoms with Crippen molar-refractivity contribution < 1.29 is 23.5 Å². The summed E-state index contributed by atoms with van der Waals surface area (Å²) in [4.78, 5) is 28.4. The molecule has 0 spiro atoms. The van der Waals surface area contributed by atoms with Crippen LogP contribution >= 0.6 is 23.5 Å². The molecule has 0 fully saturated rings. The first-order valence-electron chi connectivity index (χ1n) is 3.82. The standard InChI is InChI=1S/C8H7BrFO4P/c9-6-1-5(2-7(10)3-6)8(11)4-15(12,13)14/h1-3H,4H2,(H2,12,13,14). The van der Waals surface area contributed by atoms with Crippen molar-refractivity contribution in [3.63, 3.8) is 0 Å². The highest BCUT2D eigenvalue weighted by Gasteiger charge is 2.20. The van der Waals surface area contributed by atoms with Crippen LogP contribution in [-0.2, 0) is 4.57 Å². The highest BCUT2D eigenvalue weighted by Crippen LogP contribution is 2.35. The molecule has 0 heterocycles.